The molecule has 0 aliphatic heterocycles. The normalized spacial score (nSPS) is 16.1. The van der Waals surface area contributed by atoms with E-state index in [1.54, 1.807) is 6.07 Å². The molecule has 0 radical (unpaired) electrons. The predicted molar refractivity (Wildman–Crippen MR) is 62.4 cm³/mol. The summed E-state index contributed by atoms with van der Waals surface area (Å²) in [5.41, 5.74) is 7.65. The number of imidazole rings is 1. The average Bonchev–Trinajstić information content (AvgIpc) is 2.93. The number of anilines is 1. The molecule has 78 valence electrons. The number of hydrogen-bond acceptors (Lipinski definition) is 2. The molecule has 0 amide bonds. The molecular formula is C10H9Cl2N3. The molecule has 0 saturated heterocycles. The third kappa shape index (κ3) is 1.38. The Morgan fingerprint density at radius 2 is 1.93 bits per heavy atom. The van der Waals surface area contributed by atoms with Crippen LogP contribution in [0.5, 0.6) is 0 Å². The maximum atomic E-state index is 5.98. The lowest BCUT2D eigenvalue weighted by atomic mass is 10.3. The maximum Gasteiger partial charge on any atom is 0.201 e. The molecule has 1 fully saturated rings. The van der Waals surface area contributed by atoms with Crippen LogP contribution in [0.2, 0.25) is 10.0 Å². The van der Waals surface area contributed by atoms with E-state index in [9.17, 15) is 0 Å². The second-order valence-corrected chi connectivity index (χ2v) is 4.64. The molecule has 0 bridgehead atoms. The van der Waals surface area contributed by atoms with Crippen LogP contribution >= 0.6 is 23.2 Å². The van der Waals surface area contributed by atoms with Gasteiger partial charge in [-0.1, -0.05) is 23.2 Å². The highest BCUT2D eigenvalue weighted by atomic mass is 35.5. The van der Waals surface area contributed by atoms with Crippen molar-refractivity contribution in [2.45, 2.75) is 18.9 Å². The summed E-state index contributed by atoms with van der Waals surface area (Å²) in [6.07, 6.45) is 2.33. The molecule has 1 aromatic carbocycles. The van der Waals surface area contributed by atoms with Crippen molar-refractivity contribution in [1.29, 1.82) is 0 Å². The van der Waals surface area contributed by atoms with E-state index in [1.807, 2.05) is 10.6 Å². The van der Waals surface area contributed by atoms with E-state index in [0.29, 0.717) is 22.0 Å². The van der Waals surface area contributed by atoms with E-state index < -0.39 is 0 Å². The van der Waals surface area contributed by atoms with Crippen molar-refractivity contribution in [2.24, 2.45) is 0 Å². The minimum Gasteiger partial charge on any atom is -0.369 e. The predicted octanol–water partition coefficient (Wildman–Crippen LogP) is 3.26. The Morgan fingerprint density at radius 3 is 2.60 bits per heavy atom. The molecule has 1 saturated carbocycles. The van der Waals surface area contributed by atoms with Crippen LogP contribution < -0.4 is 5.73 Å². The molecular weight excluding hydrogens is 233 g/mol. The third-order valence-electron chi connectivity index (χ3n) is 2.67. The standard InChI is InChI=1S/C10H9Cl2N3/c11-6-3-8-9(4-7(6)12)15(5-1-2-5)10(13)14-8/h3-5H,1-2H2,(H2,13,14). The highest BCUT2D eigenvalue weighted by Gasteiger charge is 2.27. The van der Waals surface area contributed by atoms with Gasteiger partial charge in [-0.15, -0.1) is 0 Å². The van der Waals surface area contributed by atoms with Gasteiger partial charge in [-0.05, 0) is 25.0 Å². The van der Waals surface area contributed by atoms with Gasteiger partial charge in [0.2, 0.25) is 5.95 Å². The van der Waals surface area contributed by atoms with Gasteiger partial charge >= 0.3 is 0 Å². The summed E-state index contributed by atoms with van der Waals surface area (Å²) >= 11 is 11.9. The van der Waals surface area contributed by atoms with Crippen molar-refractivity contribution in [2.75, 3.05) is 5.73 Å². The van der Waals surface area contributed by atoms with E-state index in [4.69, 9.17) is 28.9 Å². The van der Waals surface area contributed by atoms with E-state index in [2.05, 4.69) is 4.98 Å². The van der Waals surface area contributed by atoms with Crippen LogP contribution in [0.1, 0.15) is 18.9 Å². The Hall–Kier alpha value is -0.930. The molecule has 0 atom stereocenters. The maximum absolute atomic E-state index is 5.98. The van der Waals surface area contributed by atoms with Crippen molar-refractivity contribution in [3.8, 4) is 0 Å². The van der Waals surface area contributed by atoms with E-state index in [0.717, 1.165) is 23.9 Å². The molecule has 2 aromatic rings. The summed E-state index contributed by atoms with van der Waals surface area (Å²) in [7, 11) is 0. The number of nitrogens with two attached hydrogens (primary N) is 1. The zero-order valence-corrected chi connectivity index (χ0v) is 9.39. The molecule has 1 aliphatic rings. The van der Waals surface area contributed by atoms with Gasteiger partial charge in [0.15, 0.2) is 0 Å². The second kappa shape index (κ2) is 3.03. The number of halogens is 2. The average molecular weight is 242 g/mol. The van der Waals surface area contributed by atoms with Crippen LogP contribution in [0.3, 0.4) is 0 Å². The Balaban J connectivity index is 2.34. The van der Waals surface area contributed by atoms with Crippen LogP contribution in [0, 0.1) is 0 Å². The lowest BCUT2D eigenvalue weighted by molar-refractivity contribution is 0.779. The van der Waals surface area contributed by atoms with Gasteiger partial charge in [-0.25, -0.2) is 4.98 Å². The quantitative estimate of drug-likeness (QED) is 0.833. The zero-order valence-electron chi connectivity index (χ0n) is 7.87. The fourth-order valence-corrected chi connectivity index (χ4v) is 2.14. The first kappa shape index (κ1) is 9.31. The minimum absolute atomic E-state index is 0.493. The number of fused-ring (bicyclic) bond motifs is 1. The molecule has 15 heavy (non-hydrogen) atoms. The van der Waals surface area contributed by atoms with Gasteiger partial charge in [-0.3, -0.25) is 0 Å². The largest absolute Gasteiger partial charge is 0.369 e. The molecule has 3 rings (SSSR count). The molecule has 1 aromatic heterocycles. The topological polar surface area (TPSA) is 43.8 Å². The molecule has 0 unspecified atom stereocenters. The van der Waals surface area contributed by atoms with Crippen molar-refractivity contribution in [1.82, 2.24) is 9.55 Å². The van der Waals surface area contributed by atoms with Crippen molar-refractivity contribution >= 4 is 40.2 Å². The third-order valence-corrected chi connectivity index (χ3v) is 3.39. The fraction of sp³-hybridized carbons (Fsp3) is 0.300. The number of benzene rings is 1. The number of aromatic nitrogens is 2. The van der Waals surface area contributed by atoms with Crippen LogP contribution in [-0.4, -0.2) is 9.55 Å². The highest BCUT2D eigenvalue weighted by molar-refractivity contribution is 6.42. The summed E-state index contributed by atoms with van der Waals surface area (Å²) in [6.45, 7) is 0. The lowest BCUT2D eigenvalue weighted by Crippen LogP contribution is -2.00. The molecule has 5 heteroatoms. The molecule has 2 N–H and O–H groups in total. The summed E-state index contributed by atoms with van der Waals surface area (Å²) in [5, 5.41) is 1.07. The van der Waals surface area contributed by atoms with Gasteiger partial charge in [0.1, 0.15) is 0 Å². The Labute approximate surface area is 96.8 Å². The van der Waals surface area contributed by atoms with Gasteiger partial charge in [-0.2, -0.15) is 0 Å². The first-order valence-corrected chi connectivity index (χ1v) is 5.55. The summed E-state index contributed by atoms with van der Waals surface area (Å²) in [6, 6.07) is 4.09. The summed E-state index contributed by atoms with van der Waals surface area (Å²) in [5.74, 6) is 0.547. The van der Waals surface area contributed by atoms with Crippen molar-refractivity contribution in [3.05, 3.63) is 22.2 Å². The fourth-order valence-electron chi connectivity index (χ4n) is 1.83. The summed E-state index contributed by atoms with van der Waals surface area (Å²) < 4.78 is 2.04. The lowest BCUT2D eigenvalue weighted by Gasteiger charge is -2.03. The number of hydrogen-bond donors (Lipinski definition) is 1. The van der Waals surface area contributed by atoms with Crippen LogP contribution in [-0.2, 0) is 0 Å². The molecule has 1 aliphatic carbocycles. The second-order valence-electron chi connectivity index (χ2n) is 3.83. The number of rotatable bonds is 1. The van der Waals surface area contributed by atoms with Crippen LogP contribution in [0.4, 0.5) is 5.95 Å². The summed E-state index contributed by atoms with van der Waals surface area (Å²) in [4.78, 5) is 4.27. The minimum atomic E-state index is 0.493. The molecule has 3 nitrogen and oxygen atoms in total. The van der Waals surface area contributed by atoms with Gasteiger partial charge in [0.25, 0.3) is 0 Å². The van der Waals surface area contributed by atoms with E-state index >= 15 is 0 Å². The van der Waals surface area contributed by atoms with Crippen LogP contribution in [0.25, 0.3) is 11.0 Å². The molecule has 1 heterocycles. The van der Waals surface area contributed by atoms with Crippen molar-refractivity contribution < 1.29 is 0 Å². The van der Waals surface area contributed by atoms with E-state index in [1.165, 1.54) is 0 Å². The van der Waals surface area contributed by atoms with Gasteiger partial charge in [0.05, 0.1) is 21.1 Å². The van der Waals surface area contributed by atoms with Gasteiger partial charge < -0.3 is 10.3 Å². The Kier molecular flexibility index (Phi) is 1.88. The number of nitrogens with zero attached hydrogens (tertiary/aromatic N) is 2. The zero-order chi connectivity index (χ0) is 10.6. The highest BCUT2D eigenvalue weighted by Crippen LogP contribution is 2.40. The Bertz CT molecular complexity index is 543. The van der Waals surface area contributed by atoms with Crippen molar-refractivity contribution in [3.63, 3.8) is 0 Å². The first-order chi connectivity index (χ1) is 7.16. The first-order valence-electron chi connectivity index (χ1n) is 4.79. The SMILES string of the molecule is Nc1nc2cc(Cl)c(Cl)cc2n1C1CC1. The van der Waals surface area contributed by atoms with Crippen LogP contribution in [0.15, 0.2) is 12.1 Å². The monoisotopic (exact) mass is 241 g/mol. The van der Waals surface area contributed by atoms with Gasteiger partial charge in [0, 0.05) is 6.04 Å². The Morgan fingerprint density at radius 1 is 1.27 bits per heavy atom. The smallest absolute Gasteiger partial charge is 0.201 e. The van der Waals surface area contributed by atoms with E-state index in [-0.39, 0.29) is 0 Å². The molecule has 0 spiro atoms. The number of nitrogen functional groups attached to an aromatic ring is 1.